The molecule has 0 saturated carbocycles. The van der Waals surface area contributed by atoms with E-state index >= 15 is 0 Å². The number of rotatable bonds is 5. The SMILES string of the molecule is CN=C(NCc1sc(C)nc1C)NC1CCN(Cc2ccccc2)C(C)C1. The molecular formula is C21H31N5S. The van der Waals surface area contributed by atoms with Crippen LogP contribution in [-0.4, -0.2) is 41.5 Å². The topological polar surface area (TPSA) is 52.6 Å². The van der Waals surface area contributed by atoms with Gasteiger partial charge in [-0.15, -0.1) is 11.3 Å². The van der Waals surface area contributed by atoms with Crippen molar-refractivity contribution in [2.75, 3.05) is 13.6 Å². The van der Waals surface area contributed by atoms with Gasteiger partial charge in [-0.05, 0) is 39.2 Å². The van der Waals surface area contributed by atoms with Crippen LogP contribution in [0.2, 0.25) is 0 Å². The predicted octanol–water partition coefficient (Wildman–Crippen LogP) is 3.48. The molecule has 0 radical (unpaired) electrons. The summed E-state index contributed by atoms with van der Waals surface area (Å²) >= 11 is 1.75. The van der Waals surface area contributed by atoms with Gasteiger partial charge in [-0.2, -0.15) is 0 Å². The molecular weight excluding hydrogens is 354 g/mol. The molecule has 2 aromatic rings. The van der Waals surface area contributed by atoms with E-state index in [0.29, 0.717) is 12.1 Å². The zero-order valence-corrected chi connectivity index (χ0v) is 17.6. The highest BCUT2D eigenvalue weighted by atomic mass is 32.1. The third kappa shape index (κ3) is 5.53. The molecule has 1 aliphatic rings. The highest BCUT2D eigenvalue weighted by molar-refractivity contribution is 7.11. The van der Waals surface area contributed by atoms with Crippen LogP contribution in [0.4, 0.5) is 0 Å². The standard InChI is InChI=1S/C21H31N5S/c1-15-12-19(10-11-26(15)14-18-8-6-5-7-9-18)25-21(22-4)23-13-20-16(2)24-17(3)27-20/h5-9,15,19H,10-14H2,1-4H3,(H2,22,23,25). The number of piperidine rings is 1. The molecule has 0 spiro atoms. The van der Waals surface area contributed by atoms with Crippen molar-refractivity contribution in [3.63, 3.8) is 0 Å². The third-order valence-corrected chi connectivity index (χ3v) is 6.30. The molecule has 146 valence electrons. The maximum Gasteiger partial charge on any atom is 0.191 e. The second-order valence-electron chi connectivity index (χ2n) is 7.34. The van der Waals surface area contributed by atoms with Gasteiger partial charge in [0, 0.05) is 37.1 Å². The van der Waals surface area contributed by atoms with E-state index in [1.54, 1.807) is 11.3 Å². The fraction of sp³-hybridized carbons (Fsp3) is 0.524. The Labute approximate surface area is 166 Å². The molecule has 2 unspecified atom stereocenters. The van der Waals surface area contributed by atoms with Gasteiger partial charge in [-0.25, -0.2) is 4.98 Å². The molecule has 1 saturated heterocycles. The summed E-state index contributed by atoms with van der Waals surface area (Å²) in [5, 5.41) is 8.18. The van der Waals surface area contributed by atoms with Gasteiger partial charge in [-0.3, -0.25) is 9.89 Å². The van der Waals surface area contributed by atoms with Gasteiger partial charge < -0.3 is 10.6 Å². The van der Waals surface area contributed by atoms with Crippen molar-refractivity contribution < 1.29 is 0 Å². The van der Waals surface area contributed by atoms with E-state index in [9.17, 15) is 0 Å². The van der Waals surface area contributed by atoms with E-state index in [1.807, 2.05) is 7.05 Å². The van der Waals surface area contributed by atoms with Crippen molar-refractivity contribution in [1.82, 2.24) is 20.5 Å². The van der Waals surface area contributed by atoms with Gasteiger partial charge in [0.05, 0.1) is 17.2 Å². The molecule has 1 aromatic carbocycles. The Morgan fingerprint density at radius 2 is 2.07 bits per heavy atom. The van der Waals surface area contributed by atoms with Crippen LogP contribution in [-0.2, 0) is 13.1 Å². The van der Waals surface area contributed by atoms with E-state index in [0.717, 1.165) is 49.1 Å². The molecule has 6 heteroatoms. The number of aliphatic imine (C=N–C) groups is 1. The lowest BCUT2D eigenvalue weighted by atomic mass is 9.97. The summed E-state index contributed by atoms with van der Waals surface area (Å²) < 4.78 is 0. The van der Waals surface area contributed by atoms with Crippen molar-refractivity contribution in [2.24, 2.45) is 4.99 Å². The average molecular weight is 386 g/mol. The summed E-state index contributed by atoms with van der Waals surface area (Å²) in [4.78, 5) is 12.8. The van der Waals surface area contributed by atoms with Gasteiger partial charge >= 0.3 is 0 Å². The normalized spacial score (nSPS) is 21.3. The number of likely N-dealkylation sites (tertiary alicyclic amines) is 1. The zero-order valence-electron chi connectivity index (χ0n) is 16.8. The van der Waals surface area contributed by atoms with Crippen molar-refractivity contribution in [2.45, 2.75) is 58.8 Å². The zero-order chi connectivity index (χ0) is 19.2. The maximum atomic E-state index is 4.50. The van der Waals surface area contributed by atoms with Crippen molar-refractivity contribution in [3.8, 4) is 0 Å². The number of aromatic nitrogens is 1. The number of guanidine groups is 1. The summed E-state index contributed by atoms with van der Waals surface area (Å²) in [5.74, 6) is 0.883. The Kier molecular flexibility index (Phi) is 6.85. The molecule has 2 heterocycles. The van der Waals surface area contributed by atoms with Gasteiger partial charge in [0.25, 0.3) is 0 Å². The minimum atomic E-state index is 0.461. The van der Waals surface area contributed by atoms with Crippen LogP contribution in [0.25, 0.3) is 0 Å². The van der Waals surface area contributed by atoms with Crippen LogP contribution >= 0.6 is 11.3 Å². The Balaban J connectivity index is 1.48. The minimum absolute atomic E-state index is 0.461. The third-order valence-electron chi connectivity index (χ3n) is 5.22. The fourth-order valence-corrected chi connectivity index (χ4v) is 4.57. The monoisotopic (exact) mass is 385 g/mol. The second-order valence-corrected chi connectivity index (χ2v) is 8.63. The fourth-order valence-electron chi connectivity index (χ4n) is 3.69. The Morgan fingerprint density at radius 3 is 2.70 bits per heavy atom. The number of thiazole rings is 1. The average Bonchev–Trinajstić information content (AvgIpc) is 2.99. The summed E-state index contributed by atoms with van der Waals surface area (Å²) in [6.07, 6.45) is 2.27. The Bertz CT molecular complexity index is 755. The highest BCUT2D eigenvalue weighted by Crippen LogP contribution is 2.20. The van der Waals surface area contributed by atoms with Crippen LogP contribution in [0, 0.1) is 13.8 Å². The molecule has 1 aliphatic heterocycles. The minimum Gasteiger partial charge on any atom is -0.354 e. The number of nitrogens with one attached hydrogen (secondary N) is 2. The van der Waals surface area contributed by atoms with Gasteiger partial charge in [0.1, 0.15) is 0 Å². The Hall–Kier alpha value is -1.92. The molecule has 27 heavy (non-hydrogen) atoms. The molecule has 2 atom stereocenters. The molecule has 1 aromatic heterocycles. The largest absolute Gasteiger partial charge is 0.354 e. The molecule has 2 N–H and O–H groups in total. The lowest BCUT2D eigenvalue weighted by Crippen LogP contribution is -2.51. The molecule has 0 bridgehead atoms. The Morgan fingerprint density at radius 1 is 1.30 bits per heavy atom. The van der Waals surface area contributed by atoms with Crippen molar-refractivity contribution >= 4 is 17.3 Å². The summed E-state index contributed by atoms with van der Waals surface area (Å²) in [6, 6.07) is 11.8. The first-order chi connectivity index (χ1) is 13.0. The molecule has 5 nitrogen and oxygen atoms in total. The molecule has 0 aliphatic carbocycles. The molecule has 3 rings (SSSR count). The van der Waals surface area contributed by atoms with Crippen LogP contribution in [0.3, 0.4) is 0 Å². The summed E-state index contributed by atoms with van der Waals surface area (Å²) in [6.45, 7) is 9.37. The van der Waals surface area contributed by atoms with Crippen LogP contribution in [0.15, 0.2) is 35.3 Å². The summed E-state index contributed by atoms with van der Waals surface area (Å²) in [7, 11) is 1.84. The number of hydrogen-bond donors (Lipinski definition) is 2. The first-order valence-corrected chi connectivity index (χ1v) is 10.5. The predicted molar refractivity (Wildman–Crippen MR) is 114 cm³/mol. The van der Waals surface area contributed by atoms with E-state index in [2.05, 4.69) is 76.6 Å². The lowest BCUT2D eigenvalue weighted by Gasteiger charge is -2.38. The van der Waals surface area contributed by atoms with Crippen LogP contribution < -0.4 is 10.6 Å². The smallest absolute Gasteiger partial charge is 0.191 e. The van der Waals surface area contributed by atoms with Crippen LogP contribution in [0.1, 0.15) is 40.9 Å². The highest BCUT2D eigenvalue weighted by Gasteiger charge is 2.26. The van der Waals surface area contributed by atoms with E-state index in [1.165, 1.54) is 10.4 Å². The molecule has 0 amide bonds. The maximum absolute atomic E-state index is 4.50. The van der Waals surface area contributed by atoms with E-state index < -0.39 is 0 Å². The number of nitrogens with zero attached hydrogens (tertiary/aromatic N) is 3. The lowest BCUT2D eigenvalue weighted by molar-refractivity contribution is 0.134. The second kappa shape index (κ2) is 9.33. The van der Waals surface area contributed by atoms with Crippen molar-refractivity contribution in [1.29, 1.82) is 0 Å². The molecule has 1 fully saturated rings. The first kappa shape index (κ1) is 19.8. The number of benzene rings is 1. The quantitative estimate of drug-likeness (QED) is 0.611. The van der Waals surface area contributed by atoms with Gasteiger partial charge in [-0.1, -0.05) is 30.3 Å². The van der Waals surface area contributed by atoms with E-state index in [4.69, 9.17) is 0 Å². The van der Waals surface area contributed by atoms with Crippen LogP contribution in [0.5, 0.6) is 0 Å². The van der Waals surface area contributed by atoms with Gasteiger partial charge in [0.2, 0.25) is 0 Å². The van der Waals surface area contributed by atoms with Gasteiger partial charge in [0.15, 0.2) is 5.96 Å². The number of aryl methyl sites for hydroxylation is 2. The summed E-state index contributed by atoms with van der Waals surface area (Å²) in [5.41, 5.74) is 2.51. The van der Waals surface area contributed by atoms with Crippen molar-refractivity contribution in [3.05, 3.63) is 51.5 Å². The van der Waals surface area contributed by atoms with E-state index in [-0.39, 0.29) is 0 Å². The number of hydrogen-bond acceptors (Lipinski definition) is 4. The first-order valence-electron chi connectivity index (χ1n) is 9.73.